The lowest BCUT2D eigenvalue weighted by Gasteiger charge is -2.32. The highest BCUT2D eigenvalue weighted by atomic mass is 15.1. The fraction of sp³-hybridized carbons (Fsp3) is 1.00. The van der Waals surface area contributed by atoms with Gasteiger partial charge in [0.25, 0.3) is 0 Å². The maximum absolute atomic E-state index is 3.82. The molecule has 1 heterocycles. The molecule has 2 heteroatoms. The van der Waals surface area contributed by atoms with E-state index in [2.05, 4.69) is 24.2 Å². The number of hydrogen-bond acceptors (Lipinski definition) is 2. The SMILES string of the molecule is C[C@@H](NCC1CCN(C)CC1)C1CCCCC1. The molecule has 1 aliphatic heterocycles. The van der Waals surface area contributed by atoms with Gasteiger partial charge in [-0.3, -0.25) is 0 Å². The molecule has 0 amide bonds. The number of nitrogens with one attached hydrogen (secondary N) is 1. The van der Waals surface area contributed by atoms with E-state index in [1.165, 1.54) is 64.6 Å². The number of likely N-dealkylation sites (tertiary alicyclic amines) is 1. The Hall–Kier alpha value is -0.0800. The number of nitrogens with zero attached hydrogens (tertiary/aromatic N) is 1. The molecular formula is C15H30N2. The fourth-order valence-electron chi connectivity index (χ4n) is 3.42. The van der Waals surface area contributed by atoms with E-state index in [1.807, 2.05) is 0 Å². The maximum Gasteiger partial charge on any atom is 0.00671 e. The lowest BCUT2D eigenvalue weighted by molar-refractivity contribution is 0.202. The predicted molar refractivity (Wildman–Crippen MR) is 74.3 cm³/mol. The van der Waals surface area contributed by atoms with Crippen molar-refractivity contribution in [2.24, 2.45) is 11.8 Å². The summed E-state index contributed by atoms with van der Waals surface area (Å²) in [4.78, 5) is 2.46. The van der Waals surface area contributed by atoms with Gasteiger partial charge < -0.3 is 10.2 Å². The Bertz CT molecular complexity index is 203. The summed E-state index contributed by atoms with van der Waals surface area (Å²) >= 11 is 0. The molecule has 0 spiro atoms. The molecule has 0 bridgehead atoms. The van der Waals surface area contributed by atoms with Crippen LogP contribution in [0.15, 0.2) is 0 Å². The van der Waals surface area contributed by atoms with Gasteiger partial charge in [-0.1, -0.05) is 19.3 Å². The van der Waals surface area contributed by atoms with Gasteiger partial charge >= 0.3 is 0 Å². The Kier molecular flexibility index (Phi) is 5.30. The largest absolute Gasteiger partial charge is 0.314 e. The van der Waals surface area contributed by atoms with Crippen LogP contribution in [0.25, 0.3) is 0 Å². The molecule has 1 saturated carbocycles. The zero-order chi connectivity index (χ0) is 12.1. The summed E-state index contributed by atoms with van der Waals surface area (Å²) in [5.41, 5.74) is 0. The Balaban J connectivity index is 1.63. The summed E-state index contributed by atoms with van der Waals surface area (Å²) in [5, 5.41) is 3.82. The van der Waals surface area contributed by atoms with Crippen LogP contribution in [0.3, 0.4) is 0 Å². The second-order valence-corrected chi connectivity index (χ2v) is 6.34. The first-order valence-corrected chi connectivity index (χ1v) is 7.67. The van der Waals surface area contributed by atoms with Crippen LogP contribution in [0.4, 0.5) is 0 Å². The first kappa shape index (κ1) is 13.4. The van der Waals surface area contributed by atoms with Gasteiger partial charge in [0.15, 0.2) is 0 Å². The van der Waals surface area contributed by atoms with Gasteiger partial charge in [-0.25, -0.2) is 0 Å². The summed E-state index contributed by atoms with van der Waals surface area (Å²) < 4.78 is 0. The minimum atomic E-state index is 0.745. The van der Waals surface area contributed by atoms with Crippen molar-refractivity contribution in [1.82, 2.24) is 10.2 Å². The van der Waals surface area contributed by atoms with Crippen LogP contribution >= 0.6 is 0 Å². The lowest BCUT2D eigenvalue weighted by atomic mass is 9.84. The predicted octanol–water partition coefficient (Wildman–Crippen LogP) is 2.89. The van der Waals surface area contributed by atoms with Crippen molar-refractivity contribution < 1.29 is 0 Å². The van der Waals surface area contributed by atoms with E-state index in [0.717, 1.165) is 17.9 Å². The minimum Gasteiger partial charge on any atom is -0.314 e. The molecule has 1 atom stereocenters. The third-order valence-electron chi connectivity index (χ3n) is 4.92. The summed E-state index contributed by atoms with van der Waals surface area (Å²) in [6.07, 6.45) is 10.1. The monoisotopic (exact) mass is 238 g/mol. The van der Waals surface area contributed by atoms with Crippen LogP contribution in [-0.2, 0) is 0 Å². The standard InChI is InChI=1S/C15H30N2/c1-13(15-6-4-3-5-7-15)16-12-14-8-10-17(2)11-9-14/h13-16H,3-12H2,1-2H3/t13-/m1/s1. The van der Waals surface area contributed by atoms with Gasteiger partial charge in [-0.05, 0) is 71.1 Å². The highest BCUT2D eigenvalue weighted by molar-refractivity contribution is 4.78. The zero-order valence-corrected chi connectivity index (χ0v) is 11.8. The van der Waals surface area contributed by atoms with Gasteiger partial charge in [-0.15, -0.1) is 0 Å². The molecule has 0 aromatic rings. The summed E-state index contributed by atoms with van der Waals surface area (Å²) in [5.74, 6) is 1.88. The Morgan fingerprint density at radius 2 is 1.71 bits per heavy atom. The number of rotatable bonds is 4. The first-order chi connectivity index (χ1) is 8.25. The lowest BCUT2D eigenvalue weighted by Crippen LogP contribution is -2.40. The summed E-state index contributed by atoms with van der Waals surface area (Å²) in [6, 6.07) is 0.745. The topological polar surface area (TPSA) is 15.3 Å². The molecule has 1 aliphatic carbocycles. The number of hydrogen-bond donors (Lipinski definition) is 1. The molecule has 0 radical (unpaired) electrons. The molecule has 0 unspecified atom stereocenters. The zero-order valence-electron chi connectivity index (χ0n) is 11.8. The van der Waals surface area contributed by atoms with Gasteiger partial charge in [0.1, 0.15) is 0 Å². The average molecular weight is 238 g/mol. The van der Waals surface area contributed by atoms with Crippen LogP contribution in [0.5, 0.6) is 0 Å². The van der Waals surface area contributed by atoms with Crippen molar-refractivity contribution in [2.45, 2.75) is 57.9 Å². The summed E-state index contributed by atoms with van der Waals surface area (Å²) in [6.45, 7) is 6.25. The van der Waals surface area contributed by atoms with E-state index in [9.17, 15) is 0 Å². The normalized spacial score (nSPS) is 27.2. The molecule has 100 valence electrons. The van der Waals surface area contributed by atoms with Gasteiger partial charge in [0.05, 0.1) is 0 Å². The van der Waals surface area contributed by atoms with E-state index in [-0.39, 0.29) is 0 Å². The van der Waals surface area contributed by atoms with Crippen LogP contribution in [-0.4, -0.2) is 37.6 Å². The fourth-order valence-corrected chi connectivity index (χ4v) is 3.42. The molecule has 1 N–H and O–H groups in total. The molecule has 0 aromatic carbocycles. The second kappa shape index (κ2) is 6.75. The molecule has 1 saturated heterocycles. The molecule has 2 rings (SSSR count). The van der Waals surface area contributed by atoms with Crippen molar-refractivity contribution in [2.75, 3.05) is 26.7 Å². The van der Waals surface area contributed by atoms with Crippen molar-refractivity contribution in [1.29, 1.82) is 0 Å². The molecule has 2 nitrogen and oxygen atoms in total. The van der Waals surface area contributed by atoms with E-state index in [4.69, 9.17) is 0 Å². The Morgan fingerprint density at radius 1 is 1.06 bits per heavy atom. The van der Waals surface area contributed by atoms with E-state index in [1.54, 1.807) is 0 Å². The van der Waals surface area contributed by atoms with Gasteiger partial charge in [0.2, 0.25) is 0 Å². The van der Waals surface area contributed by atoms with Crippen LogP contribution in [0.2, 0.25) is 0 Å². The Labute approximate surface area is 107 Å². The Morgan fingerprint density at radius 3 is 2.35 bits per heavy atom. The van der Waals surface area contributed by atoms with Crippen LogP contribution < -0.4 is 5.32 Å². The van der Waals surface area contributed by atoms with Crippen LogP contribution in [0, 0.1) is 11.8 Å². The number of piperidine rings is 1. The van der Waals surface area contributed by atoms with E-state index in [0.29, 0.717) is 0 Å². The van der Waals surface area contributed by atoms with Crippen LogP contribution in [0.1, 0.15) is 51.9 Å². The van der Waals surface area contributed by atoms with Crippen molar-refractivity contribution >= 4 is 0 Å². The molecule has 0 aromatic heterocycles. The highest BCUT2D eigenvalue weighted by Crippen LogP contribution is 2.26. The average Bonchev–Trinajstić information content (AvgIpc) is 2.39. The van der Waals surface area contributed by atoms with E-state index >= 15 is 0 Å². The quantitative estimate of drug-likeness (QED) is 0.810. The second-order valence-electron chi connectivity index (χ2n) is 6.34. The molecule has 17 heavy (non-hydrogen) atoms. The third-order valence-corrected chi connectivity index (χ3v) is 4.92. The van der Waals surface area contributed by atoms with Crippen molar-refractivity contribution in [3.63, 3.8) is 0 Å². The highest BCUT2D eigenvalue weighted by Gasteiger charge is 2.22. The minimum absolute atomic E-state index is 0.745. The molecule has 2 aliphatic rings. The maximum atomic E-state index is 3.82. The van der Waals surface area contributed by atoms with Gasteiger partial charge in [-0.2, -0.15) is 0 Å². The first-order valence-electron chi connectivity index (χ1n) is 7.67. The van der Waals surface area contributed by atoms with Crippen molar-refractivity contribution in [3.05, 3.63) is 0 Å². The van der Waals surface area contributed by atoms with Gasteiger partial charge in [0, 0.05) is 6.04 Å². The van der Waals surface area contributed by atoms with Crippen molar-refractivity contribution in [3.8, 4) is 0 Å². The third kappa shape index (κ3) is 4.26. The van der Waals surface area contributed by atoms with E-state index < -0.39 is 0 Å². The molecular weight excluding hydrogens is 208 g/mol. The summed E-state index contributed by atoms with van der Waals surface area (Å²) in [7, 11) is 2.24. The molecule has 2 fully saturated rings. The smallest absolute Gasteiger partial charge is 0.00671 e.